The number of thiophene rings is 1. The number of rotatable bonds is 7. The summed E-state index contributed by atoms with van der Waals surface area (Å²) in [6, 6.07) is 11.5. The van der Waals surface area contributed by atoms with E-state index in [1.807, 2.05) is 53.2 Å². The number of benzene rings is 1. The van der Waals surface area contributed by atoms with E-state index in [0.29, 0.717) is 16.7 Å². The van der Waals surface area contributed by atoms with Gasteiger partial charge in [0.1, 0.15) is 0 Å². The highest BCUT2D eigenvalue weighted by Gasteiger charge is 2.17. The molecule has 7 heteroatoms. The molecule has 2 heterocycles. The highest BCUT2D eigenvalue weighted by Crippen LogP contribution is 2.43. The van der Waals surface area contributed by atoms with Crippen LogP contribution in [0.15, 0.2) is 41.8 Å². The van der Waals surface area contributed by atoms with Crippen molar-refractivity contribution in [1.29, 1.82) is 0 Å². The summed E-state index contributed by atoms with van der Waals surface area (Å²) in [4.78, 5) is 25.1. The molecule has 0 aliphatic carbocycles. The van der Waals surface area contributed by atoms with Gasteiger partial charge in [-0.25, -0.2) is 4.79 Å². The lowest BCUT2D eigenvalue weighted by Gasteiger charge is -2.21. The predicted molar refractivity (Wildman–Crippen MR) is 110 cm³/mol. The van der Waals surface area contributed by atoms with Crippen LogP contribution in [0.3, 0.4) is 0 Å². The molecule has 0 atom stereocenters. The van der Waals surface area contributed by atoms with Gasteiger partial charge >= 0.3 is 5.97 Å². The van der Waals surface area contributed by atoms with Gasteiger partial charge in [0, 0.05) is 11.4 Å². The maximum atomic E-state index is 12.1. The first-order valence-electron chi connectivity index (χ1n) is 8.52. The molecule has 0 spiro atoms. The van der Waals surface area contributed by atoms with Gasteiger partial charge in [-0.2, -0.15) is 0 Å². The Hall–Kier alpha value is -1.44. The normalized spacial score (nSPS) is 14.8. The van der Waals surface area contributed by atoms with Gasteiger partial charge in [-0.15, -0.1) is 34.9 Å². The topological polar surface area (TPSA) is 55.4 Å². The zero-order valence-corrected chi connectivity index (χ0v) is 16.8. The Bertz CT molecular complexity index is 710. The van der Waals surface area contributed by atoms with Gasteiger partial charge < -0.3 is 10.1 Å². The van der Waals surface area contributed by atoms with Crippen molar-refractivity contribution in [2.75, 3.05) is 24.7 Å². The average molecular weight is 408 g/mol. The maximum absolute atomic E-state index is 12.1. The first-order chi connectivity index (χ1) is 12.7. The molecular weight excluding hydrogens is 386 g/mol. The average Bonchev–Trinajstić information content (AvgIpc) is 3.20. The Morgan fingerprint density at radius 2 is 1.88 bits per heavy atom. The fourth-order valence-electron chi connectivity index (χ4n) is 2.50. The molecule has 1 aromatic carbocycles. The van der Waals surface area contributed by atoms with Crippen molar-refractivity contribution in [3.05, 3.63) is 57.8 Å². The molecule has 1 aromatic heterocycles. The monoisotopic (exact) mass is 407 g/mol. The summed E-state index contributed by atoms with van der Waals surface area (Å²) in [7, 11) is 0. The molecule has 1 N–H and O–H groups in total. The van der Waals surface area contributed by atoms with Gasteiger partial charge in [-0.3, -0.25) is 4.79 Å². The highest BCUT2D eigenvalue weighted by molar-refractivity contribution is 8.16. The van der Waals surface area contributed by atoms with E-state index in [1.165, 1.54) is 28.4 Å². The largest absolute Gasteiger partial charge is 0.452 e. The molecule has 1 amide bonds. The lowest BCUT2D eigenvalue weighted by molar-refractivity contribution is -0.124. The number of hydrogen-bond donors (Lipinski definition) is 1. The Morgan fingerprint density at radius 3 is 2.58 bits per heavy atom. The lowest BCUT2D eigenvalue weighted by Crippen LogP contribution is -2.30. The maximum Gasteiger partial charge on any atom is 0.338 e. The van der Waals surface area contributed by atoms with Crippen molar-refractivity contribution >= 4 is 46.7 Å². The summed E-state index contributed by atoms with van der Waals surface area (Å²) in [5.74, 6) is 1.63. The fourth-order valence-corrected chi connectivity index (χ4v) is 6.11. The minimum absolute atomic E-state index is 0.251. The molecule has 0 bridgehead atoms. The summed E-state index contributed by atoms with van der Waals surface area (Å²) < 4.78 is 5.55. The number of nitrogens with one attached hydrogen (secondary N) is 1. The van der Waals surface area contributed by atoms with Crippen LogP contribution >= 0.6 is 34.9 Å². The summed E-state index contributed by atoms with van der Waals surface area (Å²) in [6.45, 7) is 0.293. The van der Waals surface area contributed by atoms with Crippen molar-refractivity contribution in [3.63, 3.8) is 0 Å². The SMILES string of the molecule is O=C(COC(=O)c1ccc(C2SCCCS2)cc1)NCCc1cccs1. The van der Waals surface area contributed by atoms with E-state index in [0.717, 1.165) is 6.42 Å². The second kappa shape index (κ2) is 10.0. The van der Waals surface area contributed by atoms with Crippen LogP contribution in [0.25, 0.3) is 0 Å². The van der Waals surface area contributed by atoms with Crippen LogP contribution < -0.4 is 5.32 Å². The van der Waals surface area contributed by atoms with Crippen LogP contribution in [0.2, 0.25) is 0 Å². The number of ether oxygens (including phenoxy) is 1. The summed E-state index contributed by atoms with van der Waals surface area (Å²) in [5.41, 5.74) is 1.70. The van der Waals surface area contributed by atoms with Crippen LogP contribution in [0.4, 0.5) is 0 Å². The summed E-state index contributed by atoms with van der Waals surface area (Å²) in [6.07, 6.45) is 2.04. The van der Waals surface area contributed by atoms with Gasteiger partial charge in [-0.05, 0) is 53.5 Å². The Kier molecular flexibility index (Phi) is 7.46. The molecule has 0 radical (unpaired) electrons. The molecule has 26 heavy (non-hydrogen) atoms. The molecule has 3 rings (SSSR count). The Morgan fingerprint density at radius 1 is 1.12 bits per heavy atom. The van der Waals surface area contributed by atoms with E-state index >= 15 is 0 Å². The standard InChI is InChI=1S/C19H21NO3S3/c21-17(20-9-8-16-3-1-10-24-16)13-23-18(22)14-4-6-15(7-5-14)19-25-11-2-12-26-19/h1,3-7,10,19H,2,8-9,11-13H2,(H,20,21). The molecule has 4 nitrogen and oxygen atoms in total. The number of hydrogen-bond acceptors (Lipinski definition) is 6. The Balaban J connectivity index is 1.40. The molecule has 1 saturated heterocycles. The number of esters is 1. The van der Waals surface area contributed by atoms with Gasteiger partial charge in [0.05, 0.1) is 10.1 Å². The van der Waals surface area contributed by atoms with Crippen molar-refractivity contribution in [2.45, 2.75) is 17.4 Å². The molecule has 0 unspecified atom stereocenters. The van der Waals surface area contributed by atoms with Crippen molar-refractivity contribution in [1.82, 2.24) is 5.32 Å². The van der Waals surface area contributed by atoms with E-state index < -0.39 is 5.97 Å². The Labute approximate surface area is 166 Å². The van der Waals surface area contributed by atoms with Gasteiger partial charge in [0.25, 0.3) is 5.91 Å². The second-order valence-electron chi connectivity index (χ2n) is 5.80. The third-order valence-electron chi connectivity index (χ3n) is 3.85. The fraction of sp³-hybridized carbons (Fsp3) is 0.368. The highest BCUT2D eigenvalue weighted by atomic mass is 32.2. The first-order valence-corrected chi connectivity index (χ1v) is 11.5. The van der Waals surface area contributed by atoms with Crippen molar-refractivity contribution in [2.24, 2.45) is 0 Å². The van der Waals surface area contributed by atoms with Gasteiger partial charge in [0.2, 0.25) is 0 Å². The van der Waals surface area contributed by atoms with Crippen molar-refractivity contribution in [3.8, 4) is 0 Å². The molecule has 1 aliphatic heterocycles. The predicted octanol–water partition coefficient (Wildman–Crippen LogP) is 4.13. The number of amides is 1. The lowest BCUT2D eigenvalue weighted by atomic mass is 10.1. The zero-order valence-electron chi connectivity index (χ0n) is 14.3. The van der Waals surface area contributed by atoms with Crippen LogP contribution in [0, 0.1) is 0 Å². The van der Waals surface area contributed by atoms with Crippen LogP contribution in [0.1, 0.15) is 31.8 Å². The van der Waals surface area contributed by atoms with Crippen LogP contribution in [0.5, 0.6) is 0 Å². The van der Waals surface area contributed by atoms with E-state index in [4.69, 9.17) is 4.74 Å². The summed E-state index contributed by atoms with van der Waals surface area (Å²) in [5, 5.41) is 4.77. The number of carbonyl (C=O) groups is 2. The molecule has 2 aromatic rings. The zero-order chi connectivity index (χ0) is 18.2. The molecule has 1 aliphatic rings. The second-order valence-corrected chi connectivity index (χ2v) is 9.56. The van der Waals surface area contributed by atoms with Crippen LogP contribution in [-0.2, 0) is 16.0 Å². The molecular formula is C19H21NO3S3. The van der Waals surface area contributed by atoms with E-state index in [9.17, 15) is 9.59 Å². The van der Waals surface area contributed by atoms with Crippen molar-refractivity contribution < 1.29 is 14.3 Å². The summed E-state index contributed by atoms with van der Waals surface area (Å²) >= 11 is 5.55. The van der Waals surface area contributed by atoms with Gasteiger partial charge in [0.15, 0.2) is 6.61 Å². The number of thioether (sulfide) groups is 2. The first kappa shape index (κ1) is 19.3. The van der Waals surface area contributed by atoms with Gasteiger partial charge in [-0.1, -0.05) is 18.2 Å². The third-order valence-corrected chi connectivity index (χ3v) is 7.80. The number of carbonyl (C=O) groups excluding carboxylic acids is 2. The van der Waals surface area contributed by atoms with E-state index in [2.05, 4.69) is 5.32 Å². The minimum Gasteiger partial charge on any atom is -0.452 e. The van der Waals surface area contributed by atoms with E-state index in [-0.39, 0.29) is 12.5 Å². The van der Waals surface area contributed by atoms with E-state index in [1.54, 1.807) is 23.5 Å². The van der Waals surface area contributed by atoms with Crippen LogP contribution in [-0.4, -0.2) is 36.5 Å². The smallest absolute Gasteiger partial charge is 0.338 e. The quantitative estimate of drug-likeness (QED) is 0.700. The molecule has 0 saturated carbocycles. The third kappa shape index (κ3) is 5.79. The minimum atomic E-state index is -0.464. The molecule has 138 valence electrons. The molecule has 1 fully saturated rings.